The highest BCUT2D eigenvalue weighted by molar-refractivity contribution is 5.91. The molecule has 0 atom stereocenters. The fraction of sp³-hybridized carbons (Fsp3) is 0.458. The molecule has 2 heterocycles. The Labute approximate surface area is 168 Å². The molecule has 0 N–H and O–H groups in total. The molecule has 150 valence electrons. The Morgan fingerprint density at radius 3 is 2.11 bits per heavy atom. The SMILES string of the molecule is CCC(CC)n1c(OC)c(C)c2c(Oc3c(C)cc(C)cc3C)nc(C)cc21. The molecule has 4 nitrogen and oxygen atoms in total. The first-order valence-corrected chi connectivity index (χ1v) is 10.1. The molecule has 0 aliphatic rings. The Hall–Kier alpha value is -2.49. The fourth-order valence-corrected chi connectivity index (χ4v) is 4.33. The number of fused-ring (bicyclic) bond motifs is 1. The zero-order chi connectivity index (χ0) is 20.6. The largest absolute Gasteiger partial charge is 0.482 e. The topological polar surface area (TPSA) is 36.3 Å². The molecule has 0 aliphatic heterocycles. The number of aromatic nitrogens is 2. The summed E-state index contributed by atoms with van der Waals surface area (Å²) in [6, 6.07) is 6.82. The van der Waals surface area contributed by atoms with Gasteiger partial charge in [0, 0.05) is 17.3 Å². The molecule has 0 fully saturated rings. The second kappa shape index (κ2) is 7.86. The first kappa shape index (κ1) is 20.2. The Balaban J connectivity index is 2.28. The van der Waals surface area contributed by atoms with E-state index in [-0.39, 0.29) is 0 Å². The van der Waals surface area contributed by atoms with Gasteiger partial charge in [-0.3, -0.25) is 0 Å². The number of rotatable bonds is 6. The number of hydrogen-bond acceptors (Lipinski definition) is 3. The van der Waals surface area contributed by atoms with E-state index in [1.807, 2.05) is 6.92 Å². The van der Waals surface area contributed by atoms with Gasteiger partial charge in [0.1, 0.15) is 5.75 Å². The van der Waals surface area contributed by atoms with Gasteiger partial charge in [-0.05, 0) is 64.7 Å². The maximum Gasteiger partial charge on any atom is 0.229 e. The predicted molar refractivity (Wildman–Crippen MR) is 116 cm³/mol. The number of aryl methyl sites for hydroxylation is 5. The van der Waals surface area contributed by atoms with Crippen LogP contribution in [0.2, 0.25) is 0 Å². The normalized spacial score (nSPS) is 11.5. The van der Waals surface area contributed by atoms with E-state index in [4.69, 9.17) is 14.5 Å². The molecule has 2 aromatic heterocycles. The molecule has 0 saturated carbocycles. The van der Waals surface area contributed by atoms with Crippen LogP contribution in [0.15, 0.2) is 18.2 Å². The van der Waals surface area contributed by atoms with E-state index < -0.39 is 0 Å². The zero-order valence-corrected chi connectivity index (χ0v) is 18.4. The Kier molecular flexibility index (Phi) is 5.69. The van der Waals surface area contributed by atoms with Crippen LogP contribution in [0, 0.1) is 34.6 Å². The highest BCUT2D eigenvalue weighted by Crippen LogP contribution is 2.42. The lowest BCUT2D eigenvalue weighted by Crippen LogP contribution is -2.09. The minimum atomic E-state index is 0.378. The summed E-state index contributed by atoms with van der Waals surface area (Å²) in [7, 11) is 1.75. The van der Waals surface area contributed by atoms with Crippen LogP contribution in [0.25, 0.3) is 10.9 Å². The number of pyridine rings is 1. The lowest BCUT2D eigenvalue weighted by Gasteiger charge is -2.19. The van der Waals surface area contributed by atoms with E-state index in [0.29, 0.717) is 11.9 Å². The highest BCUT2D eigenvalue weighted by atomic mass is 16.5. The number of methoxy groups -OCH3 is 1. The average molecular weight is 381 g/mol. The Morgan fingerprint density at radius 1 is 0.964 bits per heavy atom. The molecule has 4 heteroatoms. The molecular formula is C24H32N2O2. The molecule has 0 bridgehead atoms. The van der Waals surface area contributed by atoms with Crippen LogP contribution in [-0.2, 0) is 0 Å². The minimum absolute atomic E-state index is 0.378. The number of benzene rings is 1. The monoisotopic (exact) mass is 380 g/mol. The van der Waals surface area contributed by atoms with Gasteiger partial charge in [-0.1, -0.05) is 31.5 Å². The van der Waals surface area contributed by atoms with Crippen molar-refractivity contribution < 1.29 is 9.47 Å². The quantitative estimate of drug-likeness (QED) is 0.475. The summed E-state index contributed by atoms with van der Waals surface area (Å²) in [5.41, 5.74) is 6.64. The maximum atomic E-state index is 6.45. The van der Waals surface area contributed by atoms with Crippen molar-refractivity contribution in [3.8, 4) is 17.5 Å². The van der Waals surface area contributed by atoms with Gasteiger partial charge in [0.15, 0.2) is 5.88 Å². The summed E-state index contributed by atoms with van der Waals surface area (Å²) in [5.74, 6) is 2.45. The van der Waals surface area contributed by atoms with Crippen LogP contribution in [-0.4, -0.2) is 16.7 Å². The average Bonchev–Trinajstić information content (AvgIpc) is 2.91. The summed E-state index contributed by atoms with van der Waals surface area (Å²) in [5, 5.41) is 1.04. The van der Waals surface area contributed by atoms with Gasteiger partial charge in [-0.25, -0.2) is 4.98 Å². The van der Waals surface area contributed by atoms with Crippen LogP contribution in [0.5, 0.6) is 17.5 Å². The van der Waals surface area contributed by atoms with E-state index in [2.05, 4.69) is 64.3 Å². The molecule has 1 aromatic carbocycles. The van der Waals surface area contributed by atoms with E-state index >= 15 is 0 Å². The highest BCUT2D eigenvalue weighted by Gasteiger charge is 2.24. The molecule has 0 radical (unpaired) electrons. The van der Waals surface area contributed by atoms with Crippen molar-refractivity contribution in [1.82, 2.24) is 9.55 Å². The third-order valence-corrected chi connectivity index (χ3v) is 5.57. The van der Waals surface area contributed by atoms with Gasteiger partial charge in [-0.15, -0.1) is 0 Å². The lowest BCUT2D eigenvalue weighted by molar-refractivity contribution is 0.344. The van der Waals surface area contributed by atoms with Crippen molar-refractivity contribution in [3.63, 3.8) is 0 Å². The molecular weight excluding hydrogens is 348 g/mol. The number of hydrogen-bond donors (Lipinski definition) is 0. The maximum absolute atomic E-state index is 6.45. The molecule has 0 saturated heterocycles. The van der Waals surface area contributed by atoms with Gasteiger partial charge in [-0.2, -0.15) is 0 Å². The van der Waals surface area contributed by atoms with Gasteiger partial charge in [0.2, 0.25) is 5.88 Å². The molecule has 28 heavy (non-hydrogen) atoms. The van der Waals surface area contributed by atoms with E-state index in [0.717, 1.165) is 57.8 Å². The van der Waals surface area contributed by atoms with Crippen LogP contribution < -0.4 is 9.47 Å². The van der Waals surface area contributed by atoms with Crippen molar-refractivity contribution in [2.24, 2.45) is 0 Å². The van der Waals surface area contributed by atoms with Crippen molar-refractivity contribution in [1.29, 1.82) is 0 Å². The molecule has 0 spiro atoms. The molecule has 3 rings (SSSR count). The summed E-state index contributed by atoms with van der Waals surface area (Å²) < 4.78 is 14.6. The van der Waals surface area contributed by atoms with Crippen molar-refractivity contribution in [3.05, 3.63) is 46.1 Å². The van der Waals surface area contributed by atoms with Crippen LogP contribution in [0.1, 0.15) is 60.7 Å². The fourth-order valence-electron chi connectivity index (χ4n) is 4.33. The van der Waals surface area contributed by atoms with Gasteiger partial charge < -0.3 is 14.0 Å². The summed E-state index contributed by atoms with van der Waals surface area (Å²) >= 11 is 0. The standard InChI is InChI=1S/C24H32N2O2/c1-9-19(10-2)26-20-13-17(6)25-23(21(20)18(7)24(26)27-8)28-22-15(4)11-14(3)12-16(22)5/h11-13,19H,9-10H2,1-8H3. The first-order valence-electron chi connectivity index (χ1n) is 10.1. The minimum Gasteiger partial charge on any atom is -0.482 e. The van der Waals surface area contributed by atoms with Gasteiger partial charge >= 0.3 is 0 Å². The van der Waals surface area contributed by atoms with E-state index in [9.17, 15) is 0 Å². The Bertz CT molecular complexity index is 990. The van der Waals surface area contributed by atoms with E-state index in [1.165, 1.54) is 5.56 Å². The first-order chi connectivity index (χ1) is 13.3. The van der Waals surface area contributed by atoms with Gasteiger partial charge in [0.25, 0.3) is 0 Å². The smallest absolute Gasteiger partial charge is 0.229 e. The second-order valence-electron chi connectivity index (χ2n) is 7.77. The van der Waals surface area contributed by atoms with Crippen molar-refractivity contribution in [2.75, 3.05) is 7.11 Å². The number of ether oxygens (including phenoxy) is 2. The van der Waals surface area contributed by atoms with Crippen LogP contribution in [0.3, 0.4) is 0 Å². The molecule has 0 amide bonds. The lowest BCUT2D eigenvalue weighted by atomic mass is 10.1. The van der Waals surface area contributed by atoms with Gasteiger partial charge in [0.05, 0.1) is 18.0 Å². The predicted octanol–water partition coefficient (Wildman–Crippen LogP) is 6.74. The second-order valence-corrected chi connectivity index (χ2v) is 7.77. The Morgan fingerprint density at radius 2 is 1.57 bits per heavy atom. The summed E-state index contributed by atoms with van der Waals surface area (Å²) in [6.07, 6.45) is 2.09. The molecule has 0 unspecified atom stereocenters. The van der Waals surface area contributed by atoms with Crippen molar-refractivity contribution in [2.45, 2.75) is 67.3 Å². The third-order valence-electron chi connectivity index (χ3n) is 5.57. The van der Waals surface area contributed by atoms with Crippen LogP contribution in [0.4, 0.5) is 0 Å². The van der Waals surface area contributed by atoms with Crippen LogP contribution >= 0.6 is 0 Å². The summed E-state index contributed by atoms with van der Waals surface area (Å²) in [6.45, 7) is 14.8. The number of nitrogens with zero attached hydrogens (tertiary/aromatic N) is 2. The third kappa shape index (κ3) is 3.36. The van der Waals surface area contributed by atoms with Crippen molar-refractivity contribution >= 4 is 10.9 Å². The molecule has 3 aromatic rings. The van der Waals surface area contributed by atoms with E-state index in [1.54, 1.807) is 7.11 Å². The molecule has 0 aliphatic carbocycles. The summed E-state index contributed by atoms with van der Waals surface area (Å²) in [4.78, 5) is 4.77. The zero-order valence-electron chi connectivity index (χ0n) is 18.4.